The van der Waals surface area contributed by atoms with E-state index in [1.54, 1.807) is 35.6 Å². The highest BCUT2D eigenvalue weighted by Gasteiger charge is 2.25. The molecule has 0 saturated carbocycles. The lowest BCUT2D eigenvalue weighted by atomic mass is 10.1. The smallest absolute Gasteiger partial charge is 0.256 e. The summed E-state index contributed by atoms with van der Waals surface area (Å²) in [6.07, 6.45) is 8.12. The zero-order chi connectivity index (χ0) is 16.4. The Labute approximate surface area is 134 Å². The molecule has 3 rings (SSSR count). The summed E-state index contributed by atoms with van der Waals surface area (Å²) < 4.78 is 26.6. The van der Waals surface area contributed by atoms with E-state index in [1.807, 2.05) is 19.1 Å². The fourth-order valence-electron chi connectivity index (χ4n) is 2.33. The SMILES string of the molecule is CC(NC(=O)C1=CN2CCS(=O)(=O)N=C2C=C1)c1cccnc1. The minimum absolute atomic E-state index is 0.0537. The van der Waals surface area contributed by atoms with Crippen molar-refractivity contribution in [3.05, 3.63) is 54.0 Å². The van der Waals surface area contributed by atoms with Crippen LogP contribution in [0, 0.1) is 0 Å². The van der Waals surface area contributed by atoms with Crippen LogP contribution in [-0.4, -0.2) is 42.3 Å². The Morgan fingerprint density at radius 3 is 2.96 bits per heavy atom. The highest BCUT2D eigenvalue weighted by Crippen LogP contribution is 2.17. The molecule has 1 unspecified atom stereocenters. The van der Waals surface area contributed by atoms with E-state index in [9.17, 15) is 13.2 Å². The van der Waals surface area contributed by atoms with E-state index in [-0.39, 0.29) is 17.7 Å². The highest BCUT2D eigenvalue weighted by molar-refractivity contribution is 7.90. The Morgan fingerprint density at radius 1 is 1.39 bits per heavy atom. The van der Waals surface area contributed by atoms with E-state index in [2.05, 4.69) is 14.7 Å². The Hall–Kier alpha value is -2.48. The molecule has 0 bridgehead atoms. The van der Waals surface area contributed by atoms with E-state index in [0.717, 1.165) is 5.56 Å². The summed E-state index contributed by atoms with van der Waals surface area (Å²) in [7, 11) is -3.39. The molecule has 1 atom stereocenters. The summed E-state index contributed by atoms with van der Waals surface area (Å²) in [5.74, 6) is 0.0557. The van der Waals surface area contributed by atoms with Gasteiger partial charge in [0.2, 0.25) is 0 Å². The Bertz CT molecular complexity index is 812. The quantitative estimate of drug-likeness (QED) is 0.882. The molecule has 0 aliphatic carbocycles. The summed E-state index contributed by atoms with van der Waals surface area (Å²) in [6.45, 7) is 2.17. The van der Waals surface area contributed by atoms with Crippen molar-refractivity contribution in [2.24, 2.45) is 4.40 Å². The van der Waals surface area contributed by atoms with Crippen LogP contribution in [0.15, 0.2) is 52.8 Å². The molecular formula is C15H16N4O3S. The number of pyridine rings is 1. The number of aromatic nitrogens is 1. The molecule has 0 spiro atoms. The molecule has 23 heavy (non-hydrogen) atoms. The van der Waals surface area contributed by atoms with Crippen LogP contribution in [0.1, 0.15) is 18.5 Å². The number of sulfonamides is 1. The van der Waals surface area contributed by atoms with E-state index in [1.165, 1.54) is 0 Å². The first-order chi connectivity index (χ1) is 10.9. The van der Waals surface area contributed by atoms with Gasteiger partial charge < -0.3 is 10.2 Å². The molecule has 0 radical (unpaired) electrons. The molecule has 1 aromatic heterocycles. The molecule has 0 fully saturated rings. The van der Waals surface area contributed by atoms with Gasteiger partial charge in [0, 0.05) is 25.1 Å². The third-order valence-corrected chi connectivity index (χ3v) is 4.78. The Kier molecular flexibility index (Phi) is 3.99. The second-order valence-corrected chi connectivity index (χ2v) is 7.08. The van der Waals surface area contributed by atoms with Crippen molar-refractivity contribution in [1.82, 2.24) is 15.2 Å². The lowest BCUT2D eigenvalue weighted by molar-refractivity contribution is -0.117. The minimum atomic E-state index is -3.39. The largest absolute Gasteiger partial charge is 0.345 e. The first-order valence-corrected chi connectivity index (χ1v) is 8.75. The molecule has 8 heteroatoms. The van der Waals surface area contributed by atoms with E-state index < -0.39 is 10.0 Å². The second kappa shape index (κ2) is 5.96. The first kappa shape index (κ1) is 15.4. The number of carbonyl (C=O) groups is 1. The zero-order valence-corrected chi connectivity index (χ0v) is 13.3. The second-order valence-electron chi connectivity index (χ2n) is 5.33. The van der Waals surface area contributed by atoms with Gasteiger partial charge in [-0.3, -0.25) is 9.78 Å². The van der Waals surface area contributed by atoms with Gasteiger partial charge in [-0.1, -0.05) is 6.07 Å². The molecule has 2 aliphatic rings. The Balaban J connectivity index is 1.73. The van der Waals surface area contributed by atoms with Crippen molar-refractivity contribution in [3.63, 3.8) is 0 Å². The highest BCUT2D eigenvalue weighted by atomic mass is 32.2. The topological polar surface area (TPSA) is 91.7 Å². The monoisotopic (exact) mass is 332 g/mol. The molecule has 3 heterocycles. The third kappa shape index (κ3) is 3.48. The van der Waals surface area contributed by atoms with Gasteiger partial charge in [0.25, 0.3) is 15.9 Å². The van der Waals surface area contributed by atoms with Gasteiger partial charge >= 0.3 is 0 Å². The lowest BCUT2D eigenvalue weighted by Gasteiger charge is -2.27. The van der Waals surface area contributed by atoms with Crippen LogP contribution in [-0.2, 0) is 14.8 Å². The maximum atomic E-state index is 12.3. The fraction of sp³-hybridized carbons (Fsp3) is 0.267. The Morgan fingerprint density at radius 2 is 2.22 bits per heavy atom. The lowest BCUT2D eigenvalue weighted by Crippen LogP contribution is -2.38. The van der Waals surface area contributed by atoms with Crippen molar-refractivity contribution in [1.29, 1.82) is 0 Å². The number of hydrogen-bond acceptors (Lipinski definition) is 5. The van der Waals surface area contributed by atoms with E-state index in [4.69, 9.17) is 0 Å². The van der Waals surface area contributed by atoms with Crippen LogP contribution < -0.4 is 5.32 Å². The number of nitrogens with zero attached hydrogens (tertiary/aromatic N) is 3. The molecule has 0 aromatic carbocycles. The van der Waals surface area contributed by atoms with Gasteiger partial charge in [-0.15, -0.1) is 4.40 Å². The van der Waals surface area contributed by atoms with Crippen molar-refractivity contribution >= 4 is 21.8 Å². The molecule has 0 saturated heterocycles. The van der Waals surface area contributed by atoms with Gasteiger partial charge in [-0.05, 0) is 30.7 Å². The summed E-state index contributed by atoms with van der Waals surface area (Å²) in [4.78, 5) is 18.1. The molecule has 120 valence electrons. The van der Waals surface area contributed by atoms with Crippen LogP contribution >= 0.6 is 0 Å². The van der Waals surface area contributed by atoms with E-state index >= 15 is 0 Å². The maximum Gasteiger partial charge on any atom is 0.256 e. The minimum Gasteiger partial charge on any atom is -0.345 e. The average Bonchev–Trinajstić information content (AvgIpc) is 2.54. The number of amidine groups is 1. The van der Waals surface area contributed by atoms with Crippen molar-refractivity contribution in [3.8, 4) is 0 Å². The van der Waals surface area contributed by atoms with Gasteiger partial charge in [0.05, 0.1) is 17.4 Å². The van der Waals surface area contributed by atoms with Gasteiger partial charge in [-0.2, -0.15) is 0 Å². The summed E-state index contributed by atoms with van der Waals surface area (Å²) >= 11 is 0. The zero-order valence-electron chi connectivity index (χ0n) is 12.5. The number of nitrogens with one attached hydrogen (secondary N) is 1. The van der Waals surface area contributed by atoms with Crippen LogP contribution in [0.4, 0.5) is 0 Å². The summed E-state index contributed by atoms with van der Waals surface area (Å²) in [5.41, 5.74) is 1.37. The van der Waals surface area contributed by atoms with E-state index in [0.29, 0.717) is 18.0 Å². The number of rotatable bonds is 3. The van der Waals surface area contributed by atoms with Crippen LogP contribution in [0.25, 0.3) is 0 Å². The average molecular weight is 332 g/mol. The number of fused-ring (bicyclic) bond motifs is 1. The number of amides is 1. The molecule has 7 nitrogen and oxygen atoms in total. The predicted molar refractivity (Wildman–Crippen MR) is 85.9 cm³/mol. The van der Waals surface area contributed by atoms with Crippen LogP contribution in [0.5, 0.6) is 0 Å². The first-order valence-electron chi connectivity index (χ1n) is 7.14. The number of carbonyl (C=O) groups excluding carboxylic acids is 1. The summed E-state index contributed by atoms with van der Waals surface area (Å²) in [6, 6.07) is 3.53. The molecular weight excluding hydrogens is 316 g/mol. The number of hydrogen-bond donors (Lipinski definition) is 1. The van der Waals surface area contributed by atoms with Crippen LogP contribution in [0.3, 0.4) is 0 Å². The standard InChI is InChI=1S/C15H16N4O3S/c1-11(12-3-2-6-16-9-12)17-15(20)13-4-5-14-18-23(21,22)8-7-19(14)10-13/h2-6,9-11H,7-8H2,1H3,(H,17,20). The molecule has 1 amide bonds. The molecule has 1 N–H and O–H groups in total. The van der Waals surface area contributed by atoms with Crippen molar-refractivity contribution in [2.45, 2.75) is 13.0 Å². The fourth-order valence-corrected chi connectivity index (χ4v) is 3.30. The molecule has 1 aromatic rings. The predicted octanol–water partition coefficient (Wildman–Crippen LogP) is 0.756. The van der Waals surface area contributed by atoms with Crippen LogP contribution in [0.2, 0.25) is 0 Å². The van der Waals surface area contributed by atoms with Gasteiger partial charge in [0.15, 0.2) is 0 Å². The van der Waals surface area contributed by atoms with Gasteiger partial charge in [0.1, 0.15) is 5.84 Å². The van der Waals surface area contributed by atoms with Crippen molar-refractivity contribution in [2.75, 3.05) is 12.3 Å². The maximum absolute atomic E-state index is 12.3. The van der Waals surface area contributed by atoms with Crippen molar-refractivity contribution < 1.29 is 13.2 Å². The third-order valence-electron chi connectivity index (χ3n) is 3.62. The normalized spacial score (nSPS) is 20.1. The molecule has 2 aliphatic heterocycles. The summed E-state index contributed by atoms with van der Waals surface area (Å²) in [5, 5.41) is 2.89. The van der Waals surface area contributed by atoms with Gasteiger partial charge in [-0.25, -0.2) is 8.42 Å².